The Morgan fingerprint density at radius 2 is 2.28 bits per heavy atom. The van der Waals surface area contributed by atoms with E-state index in [9.17, 15) is 20.0 Å². The second kappa shape index (κ2) is 4.25. The highest BCUT2D eigenvalue weighted by Crippen LogP contribution is 2.36. The molecule has 0 aromatic carbocycles. The maximum Gasteiger partial charge on any atom is 0.329 e. The average molecular weight is 251 g/mol. The molecule has 0 radical (unpaired) electrons. The molecule has 7 heteroatoms. The number of carboxylic acids is 1. The molecule has 1 saturated carbocycles. The molecule has 2 rings (SSSR count). The number of anilines is 1. The van der Waals surface area contributed by atoms with Crippen LogP contribution < -0.4 is 5.32 Å². The van der Waals surface area contributed by atoms with E-state index < -0.39 is 16.4 Å². The summed E-state index contributed by atoms with van der Waals surface area (Å²) >= 11 is 0. The highest BCUT2D eigenvalue weighted by molar-refractivity contribution is 5.84. The highest BCUT2D eigenvalue weighted by Gasteiger charge is 2.45. The van der Waals surface area contributed by atoms with Crippen LogP contribution in [-0.4, -0.2) is 26.5 Å². The average Bonchev–Trinajstić information content (AvgIpc) is 2.24. The van der Waals surface area contributed by atoms with Crippen molar-refractivity contribution >= 4 is 17.5 Å². The Kier molecular flexibility index (Phi) is 2.90. The number of carbonyl (C=O) groups is 1. The summed E-state index contributed by atoms with van der Waals surface area (Å²) in [6.07, 6.45) is 3.07. The second-order valence-corrected chi connectivity index (χ2v) is 4.48. The highest BCUT2D eigenvalue weighted by atomic mass is 16.6. The van der Waals surface area contributed by atoms with Gasteiger partial charge in [-0.1, -0.05) is 0 Å². The Hall–Kier alpha value is -2.18. The first kappa shape index (κ1) is 12.3. The number of carboxylic acid groups (broad SMARTS) is 1. The van der Waals surface area contributed by atoms with Crippen molar-refractivity contribution in [3.63, 3.8) is 0 Å². The van der Waals surface area contributed by atoms with Gasteiger partial charge in [0.1, 0.15) is 17.6 Å². The Bertz CT molecular complexity index is 511. The van der Waals surface area contributed by atoms with Crippen LogP contribution >= 0.6 is 0 Å². The summed E-state index contributed by atoms with van der Waals surface area (Å²) < 4.78 is 0. The van der Waals surface area contributed by atoms with E-state index in [0.29, 0.717) is 24.2 Å². The monoisotopic (exact) mass is 251 g/mol. The van der Waals surface area contributed by atoms with Gasteiger partial charge >= 0.3 is 5.97 Å². The SMILES string of the molecule is Cc1cc([N+](=O)[O-])cnc1NC1(C(=O)O)CCC1. The van der Waals surface area contributed by atoms with Crippen molar-refractivity contribution in [2.75, 3.05) is 5.32 Å². The molecule has 0 unspecified atom stereocenters. The summed E-state index contributed by atoms with van der Waals surface area (Å²) in [6.45, 7) is 1.66. The third-order valence-corrected chi connectivity index (χ3v) is 3.25. The molecule has 0 amide bonds. The van der Waals surface area contributed by atoms with Crippen LogP contribution in [0.15, 0.2) is 12.3 Å². The number of hydrogen-bond donors (Lipinski definition) is 2. The first-order chi connectivity index (χ1) is 8.44. The van der Waals surface area contributed by atoms with Crippen molar-refractivity contribution < 1.29 is 14.8 Å². The molecule has 1 fully saturated rings. The molecule has 1 aliphatic rings. The van der Waals surface area contributed by atoms with Crippen LogP contribution in [0, 0.1) is 17.0 Å². The number of pyridine rings is 1. The van der Waals surface area contributed by atoms with E-state index in [1.165, 1.54) is 6.07 Å². The van der Waals surface area contributed by atoms with Gasteiger partial charge in [-0.15, -0.1) is 0 Å². The molecule has 0 atom stereocenters. The number of nitro groups is 1. The Morgan fingerprint density at radius 3 is 2.67 bits per heavy atom. The van der Waals surface area contributed by atoms with Gasteiger partial charge in [0.05, 0.1) is 4.92 Å². The number of hydrogen-bond acceptors (Lipinski definition) is 5. The fraction of sp³-hybridized carbons (Fsp3) is 0.455. The molecule has 18 heavy (non-hydrogen) atoms. The minimum Gasteiger partial charge on any atom is -0.480 e. The van der Waals surface area contributed by atoms with E-state index in [2.05, 4.69) is 10.3 Å². The maximum absolute atomic E-state index is 11.2. The Labute approximate surface area is 103 Å². The van der Waals surface area contributed by atoms with Gasteiger partial charge in [0.2, 0.25) is 0 Å². The van der Waals surface area contributed by atoms with Crippen LogP contribution in [0.3, 0.4) is 0 Å². The summed E-state index contributed by atoms with van der Waals surface area (Å²) in [4.78, 5) is 25.2. The summed E-state index contributed by atoms with van der Waals surface area (Å²) in [5.74, 6) is -0.518. The molecule has 1 heterocycles. The van der Waals surface area contributed by atoms with Crippen molar-refractivity contribution in [1.29, 1.82) is 0 Å². The van der Waals surface area contributed by atoms with Crippen molar-refractivity contribution in [3.8, 4) is 0 Å². The van der Waals surface area contributed by atoms with Crippen molar-refractivity contribution in [2.45, 2.75) is 31.7 Å². The van der Waals surface area contributed by atoms with Gasteiger partial charge in [0.15, 0.2) is 0 Å². The Balaban J connectivity index is 2.24. The van der Waals surface area contributed by atoms with E-state index >= 15 is 0 Å². The zero-order chi connectivity index (χ0) is 13.3. The molecule has 2 N–H and O–H groups in total. The molecule has 0 saturated heterocycles. The molecule has 1 aromatic heterocycles. The first-order valence-corrected chi connectivity index (χ1v) is 5.57. The van der Waals surface area contributed by atoms with Crippen molar-refractivity contribution in [3.05, 3.63) is 27.9 Å². The van der Waals surface area contributed by atoms with Gasteiger partial charge in [0.25, 0.3) is 5.69 Å². The molecule has 7 nitrogen and oxygen atoms in total. The van der Waals surface area contributed by atoms with E-state index in [4.69, 9.17) is 0 Å². The van der Waals surface area contributed by atoms with Gasteiger partial charge in [-0.2, -0.15) is 0 Å². The molecule has 0 aliphatic heterocycles. The van der Waals surface area contributed by atoms with Crippen LogP contribution in [0.25, 0.3) is 0 Å². The third kappa shape index (κ3) is 1.99. The number of aryl methyl sites for hydroxylation is 1. The van der Waals surface area contributed by atoms with Gasteiger partial charge < -0.3 is 10.4 Å². The van der Waals surface area contributed by atoms with E-state index in [-0.39, 0.29) is 5.69 Å². The summed E-state index contributed by atoms with van der Waals surface area (Å²) in [5.41, 5.74) is -0.499. The zero-order valence-electron chi connectivity index (χ0n) is 9.84. The number of aliphatic carboxylic acids is 1. The zero-order valence-corrected chi connectivity index (χ0v) is 9.84. The molecular weight excluding hydrogens is 238 g/mol. The number of aromatic nitrogens is 1. The fourth-order valence-electron chi connectivity index (χ4n) is 1.94. The molecule has 96 valence electrons. The second-order valence-electron chi connectivity index (χ2n) is 4.48. The van der Waals surface area contributed by atoms with Crippen LogP contribution in [0.1, 0.15) is 24.8 Å². The van der Waals surface area contributed by atoms with Gasteiger partial charge in [-0.3, -0.25) is 10.1 Å². The molecule has 1 aliphatic carbocycles. The van der Waals surface area contributed by atoms with E-state index in [1.807, 2.05) is 0 Å². The van der Waals surface area contributed by atoms with Crippen LogP contribution in [0.5, 0.6) is 0 Å². The normalized spacial score (nSPS) is 16.7. The fourth-order valence-corrected chi connectivity index (χ4v) is 1.94. The van der Waals surface area contributed by atoms with Crippen LogP contribution in [0.2, 0.25) is 0 Å². The van der Waals surface area contributed by atoms with Crippen LogP contribution in [-0.2, 0) is 4.79 Å². The molecular formula is C11H13N3O4. The predicted molar refractivity (Wildman–Crippen MR) is 63.5 cm³/mol. The van der Waals surface area contributed by atoms with Crippen molar-refractivity contribution in [1.82, 2.24) is 4.98 Å². The summed E-state index contributed by atoms with van der Waals surface area (Å²) in [6, 6.07) is 1.38. The maximum atomic E-state index is 11.2. The molecule has 1 aromatic rings. The third-order valence-electron chi connectivity index (χ3n) is 3.25. The standard InChI is InChI=1S/C11H13N3O4/c1-7-5-8(14(17)18)6-12-9(7)13-11(10(15)16)3-2-4-11/h5-6H,2-4H2,1H3,(H,12,13)(H,15,16). The summed E-state index contributed by atoms with van der Waals surface area (Å²) in [7, 11) is 0. The first-order valence-electron chi connectivity index (χ1n) is 5.57. The lowest BCUT2D eigenvalue weighted by molar-refractivity contribution is -0.385. The van der Waals surface area contributed by atoms with E-state index in [1.54, 1.807) is 6.92 Å². The van der Waals surface area contributed by atoms with Gasteiger partial charge in [-0.25, -0.2) is 9.78 Å². The lowest BCUT2D eigenvalue weighted by Gasteiger charge is -2.38. The minimum atomic E-state index is -0.964. The topological polar surface area (TPSA) is 105 Å². The largest absolute Gasteiger partial charge is 0.480 e. The minimum absolute atomic E-state index is 0.101. The Morgan fingerprint density at radius 1 is 1.61 bits per heavy atom. The number of nitrogens with zero attached hydrogens (tertiary/aromatic N) is 2. The smallest absolute Gasteiger partial charge is 0.329 e. The van der Waals surface area contributed by atoms with E-state index in [0.717, 1.165) is 12.6 Å². The predicted octanol–water partition coefficient (Wildman–Crippen LogP) is 1.72. The van der Waals surface area contributed by atoms with Gasteiger partial charge in [-0.05, 0) is 31.7 Å². The lowest BCUT2D eigenvalue weighted by Crippen LogP contribution is -2.52. The van der Waals surface area contributed by atoms with Crippen molar-refractivity contribution in [2.24, 2.45) is 0 Å². The molecule has 0 bridgehead atoms. The number of rotatable bonds is 4. The summed E-state index contributed by atoms with van der Waals surface area (Å²) in [5, 5.41) is 22.6. The lowest BCUT2D eigenvalue weighted by atomic mass is 9.76. The van der Waals surface area contributed by atoms with Gasteiger partial charge in [0, 0.05) is 6.07 Å². The molecule has 0 spiro atoms. The number of nitrogens with one attached hydrogen (secondary N) is 1. The quantitative estimate of drug-likeness (QED) is 0.623. The van der Waals surface area contributed by atoms with Crippen LogP contribution in [0.4, 0.5) is 11.5 Å².